The van der Waals surface area contributed by atoms with Gasteiger partial charge in [-0.2, -0.15) is 4.31 Å². The maximum atomic E-state index is 12.4. The van der Waals surface area contributed by atoms with Crippen molar-refractivity contribution in [3.63, 3.8) is 0 Å². The second-order valence-corrected chi connectivity index (χ2v) is 8.12. The summed E-state index contributed by atoms with van der Waals surface area (Å²) < 4.78 is 25.9. The Bertz CT molecular complexity index is 634. The molecule has 1 aliphatic heterocycles. The summed E-state index contributed by atoms with van der Waals surface area (Å²) in [5.41, 5.74) is 1.30. The fraction of sp³-hybridized carbons (Fsp3) is 0.533. The van der Waals surface area contributed by atoms with Crippen molar-refractivity contribution in [3.05, 3.63) is 35.4 Å². The van der Waals surface area contributed by atoms with Crippen LogP contribution in [-0.2, 0) is 27.0 Å². The van der Waals surface area contributed by atoms with E-state index >= 15 is 0 Å². The van der Waals surface area contributed by atoms with Crippen molar-refractivity contribution in [1.29, 1.82) is 0 Å². The van der Waals surface area contributed by atoms with Gasteiger partial charge in [0.05, 0.1) is 5.75 Å². The van der Waals surface area contributed by atoms with Crippen LogP contribution in [0.1, 0.15) is 31.9 Å². The van der Waals surface area contributed by atoms with E-state index < -0.39 is 27.4 Å². The molecule has 21 heavy (non-hydrogen) atoms. The zero-order valence-electron chi connectivity index (χ0n) is 12.5. The molecule has 0 aromatic heterocycles. The van der Waals surface area contributed by atoms with Crippen molar-refractivity contribution in [1.82, 2.24) is 4.31 Å². The van der Waals surface area contributed by atoms with E-state index in [-0.39, 0.29) is 12.3 Å². The number of carboxylic acid groups (broad SMARTS) is 1. The van der Waals surface area contributed by atoms with Gasteiger partial charge in [-0.05, 0) is 17.5 Å². The lowest BCUT2D eigenvalue weighted by Gasteiger charge is -2.50. The first-order valence-electron chi connectivity index (χ1n) is 6.97. The molecule has 1 aromatic carbocycles. The highest BCUT2D eigenvalue weighted by molar-refractivity contribution is 7.88. The van der Waals surface area contributed by atoms with Gasteiger partial charge in [-0.15, -0.1) is 0 Å². The normalized spacial score (nSPS) is 21.8. The number of nitrogens with zero attached hydrogens (tertiary/aromatic N) is 1. The number of aliphatic carboxylic acids is 1. The molecule has 1 saturated heterocycles. The molecule has 1 atom stereocenters. The Kier molecular flexibility index (Phi) is 4.13. The van der Waals surface area contributed by atoms with E-state index in [1.54, 1.807) is 26.0 Å². The van der Waals surface area contributed by atoms with Crippen LogP contribution in [0.2, 0.25) is 0 Å². The summed E-state index contributed by atoms with van der Waals surface area (Å²) in [6.45, 7) is 5.83. The molecule has 0 bridgehead atoms. The minimum Gasteiger partial charge on any atom is -0.480 e. The van der Waals surface area contributed by atoms with Gasteiger partial charge in [-0.3, -0.25) is 4.79 Å². The molecule has 0 amide bonds. The zero-order chi connectivity index (χ0) is 15.8. The summed E-state index contributed by atoms with van der Waals surface area (Å²) in [5, 5.41) is 9.23. The standard InChI is InChI=1S/C15H21NO4S/c1-4-11-5-7-12(8-6-11)9-21(19,20)16-10-15(2,3)13(16)14(17)18/h5-8,13H,4,9-10H2,1-3H3,(H,17,18). The van der Waals surface area contributed by atoms with E-state index in [4.69, 9.17) is 0 Å². The van der Waals surface area contributed by atoms with E-state index in [1.165, 1.54) is 0 Å². The predicted octanol–water partition coefficient (Wildman–Crippen LogP) is 1.87. The summed E-state index contributed by atoms with van der Waals surface area (Å²) in [4.78, 5) is 11.3. The molecule has 1 fully saturated rings. The molecule has 6 heteroatoms. The molecule has 1 unspecified atom stereocenters. The molecular weight excluding hydrogens is 290 g/mol. The van der Waals surface area contributed by atoms with Crippen LogP contribution in [0.15, 0.2) is 24.3 Å². The first-order valence-corrected chi connectivity index (χ1v) is 8.58. The number of sulfonamides is 1. The van der Waals surface area contributed by atoms with Crippen LogP contribution in [0, 0.1) is 5.41 Å². The van der Waals surface area contributed by atoms with Crippen molar-refractivity contribution < 1.29 is 18.3 Å². The van der Waals surface area contributed by atoms with Crippen molar-refractivity contribution in [2.75, 3.05) is 6.54 Å². The molecule has 0 aliphatic carbocycles. The first-order chi connectivity index (χ1) is 9.67. The van der Waals surface area contributed by atoms with Crippen molar-refractivity contribution in [3.8, 4) is 0 Å². The van der Waals surface area contributed by atoms with Gasteiger partial charge in [0.2, 0.25) is 10.0 Å². The number of rotatable bonds is 5. The topological polar surface area (TPSA) is 74.7 Å². The summed E-state index contributed by atoms with van der Waals surface area (Å²) in [6, 6.07) is 6.41. The Morgan fingerprint density at radius 2 is 1.81 bits per heavy atom. The van der Waals surface area contributed by atoms with Crippen molar-refractivity contribution in [2.45, 2.75) is 39.0 Å². The monoisotopic (exact) mass is 311 g/mol. The summed E-state index contributed by atoms with van der Waals surface area (Å²) in [7, 11) is -3.61. The van der Waals surface area contributed by atoms with E-state index in [0.29, 0.717) is 5.56 Å². The average molecular weight is 311 g/mol. The molecule has 2 rings (SSSR count). The Balaban J connectivity index is 2.17. The third kappa shape index (κ3) is 3.11. The Labute approximate surface area is 125 Å². The third-order valence-corrected chi connectivity index (χ3v) is 5.72. The Morgan fingerprint density at radius 3 is 2.24 bits per heavy atom. The lowest BCUT2D eigenvalue weighted by molar-refractivity contribution is -0.153. The fourth-order valence-electron chi connectivity index (χ4n) is 2.74. The van der Waals surface area contributed by atoms with Gasteiger partial charge in [0.25, 0.3) is 0 Å². The van der Waals surface area contributed by atoms with Gasteiger partial charge < -0.3 is 5.11 Å². The van der Waals surface area contributed by atoms with Crippen LogP contribution in [0.3, 0.4) is 0 Å². The highest BCUT2D eigenvalue weighted by Gasteiger charge is 2.55. The first kappa shape index (κ1) is 16.0. The number of benzene rings is 1. The van der Waals surface area contributed by atoms with Crippen LogP contribution >= 0.6 is 0 Å². The number of hydrogen-bond donors (Lipinski definition) is 1. The number of carboxylic acids is 1. The summed E-state index contributed by atoms with van der Waals surface area (Å²) in [5.74, 6) is -1.24. The number of aryl methyl sites for hydroxylation is 1. The molecule has 1 N–H and O–H groups in total. The maximum absolute atomic E-state index is 12.4. The predicted molar refractivity (Wildman–Crippen MR) is 80.4 cm³/mol. The van der Waals surface area contributed by atoms with Gasteiger partial charge in [0, 0.05) is 12.0 Å². The Morgan fingerprint density at radius 1 is 1.29 bits per heavy atom. The van der Waals surface area contributed by atoms with Crippen LogP contribution in [0.5, 0.6) is 0 Å². The minimum atomic E-state index is -3.61. The molecule has 1 heterocycles. The largest absolute Gasteiger partial charge is 0.480 e. The quantitative estimate of drug-likeness (QED) is 0.901. The van der Waals surface area contributed by atoms with Crippen LogP contribution in [0.25, 0.3) is 0 Å². The van der Waals surface area contributed by atoms with Crippen LogP contribution in [-0.4, -0.2) is 36.4 Å². The zero-order valence-corrected chi connectivity index (χ0v) is 13.4. The smallest absolute Gasteiger partial charge is 0.322 e. The number of carbonyl (C=O) groups is 1. The van der Waals surface area contributed by atoms with Crippen LogP contribution in [0.4, 0.5) is 0 Å². The highest BCUT2D eigenvalue weighted by atomic mass is 32.2. The van der Waals surface area contributed by atoms with Crippen molar-refractivity contribution >= 4 is 16.0 Å². The van der Waals surface area contributed by atoms with Gasteiger partial charge in [-0.25, -0.2) is 8.42 Å². The molecule has 1 aromatic rings. The molecule has 0 radical (unpaired) electrons. The second kappa shape index (κ2) is 5.42. The second-order valence-electron chi connectivity index (χ2n) is 6.20. The van der Waals surface area contributed by atoms with Crippen LogP contribution < -0.4 is 0 Å². The highest BCUT2D eigenvalue weighted by Crippen LogP contribution is 2.39. The molecule has 116 valence electrons. The maximum Gasteiger partial charge on any atom is 0.322 e. The van der Waals surface area contributed by atoms with Crippen molar-refractivity contribution in [2.24, 2.45) is 5.41 Å². The van der Waals surface area contributed by atoms with E-state index in [2.05, 4.69) is 0 Å². The average Bonchev–Trinajstić information content (AvgIpc) is 2.36. The number of hydrogen-bond acceptors (Lipinski definition) is 3. The fourth-order valence-corrected chi connectivity index (χ4v) is 4.74. The summed E-state index contributed by atoms with van der Waals surface area (Å²) in [6.07, 6.45) is 0.897. The van der Waals surface area contributed by atoms with Gasteiger partial charge >= 0.3 is 5.97 Å². The van der Waals surface area contributed by atoms with Gasteiger partial charge in [0.1, 0.15) is 6.04 Å². The van der Waals surface area contributed by atoms with E-state index in [1.807, 2.05) is 19.1 Å². The summed E-state index contributed by atoms with van der Waals surface area (Å²) >= 11 is 0. The Hall–Kier alpha value is -1.40. The molecule has 0 saturated carbocycles. The molecule has 5 nitrogen and oxygen atoms in total. The lowest BCUT2D eigenvalue weighted by atomic mass is 9.77. The van der Waals surface area contributed by atoms with Gasteiger partial charge in [-0.1, -0.05) is 45.0 Å². The molecule has 1 aliphatic rings. The molecule has 0 spiro atoms. The lowest BCUT2D eigenvalue weighted by Crippen LogP contribution is -2.67. The SMILES string of the molecule is CCc1ccc(CS(=O)(=O)N2CC(C)(C)C2C(=O)O)cc1. The third-order valence-electron chi connectivity index (χ3n) is 3.96. The molecular formula is C15H21NO4S. The van der Waals surface area contributed by atoms with E-state index in [0.717, 1.165) is 16.3 Å². The van der Waals surface area contributed by atoms with E-state index in [9.17, 15) is 18.3 Å². The minimum absolute atomic E-state index is 0.156. The van der Waals surface area contributed by atoms with Gasteiger partial charge in [0.15, 0.2) is 0 Å².